The second-order valence-electron chi connectivity index (χ2n) is 4.17. The zero-order valence-electron chi connectivity index (χ0n) is 10.1. The molecule has 0 radical (unpaired) electrons. The number of thiophene rings is 1. The number of carboxylic acids is 1. The van der Waals surface area contributed by atoms with Gasteiger partial charge in [0.1, 0.15) is 17.4 Å². The van der Waals surface area contributed by atoms with Crippen LogP contribution >= 0.6 is 11.3 Å². The number of benzene rings is 1. The summed E-state index contributed by atoms with van der Waals surface area (Å²) in [5.41, 5.74) is 1.87. The first kappa shape index (κ1) is 12.3. The Morgan fingerprint density at radius 2 is 2.15 bits per heavy atom. The van der Waals surface area contributed by atoms with Gasteiger partial charge in [-0.2, -0.15) is 5.26 Å². The fourth-order valence-electron chi connectivity index (χ4n) is 2.09. The monoisotopic (exact) mass is 284 g/mol. The quantitative estimate of drug-likeness (QED) is 0.757. The Labute approximate surface area is 117 Å². The molecule has 0 aliphatic carbocycles. The number of aromatic carboxylic acids is 1. The molecular weight excluding hydrogens is 276 g/mol. The second-order valence-corrected chi connectivity index (χ2v) is 5.08. The number of nitrogens with zero attached hydrogens (tertiary/aromatic N) is 2. The molecule has 0 saturated heterocycles. The van der Waals surface area contributed by atoms with Crippen molar-refractivity contribution in [2.24, 2.45) is 0 Å². The third kappa shape index (κ3) is 1.73. The Morgan fingerprint density at radius 1 is 1.35 bits per heavy atom. The molecule has 0 unspecified atom stereocenters. The molecule has 0 atom stereocenters. The standard InChI is InChI=1S/C14H8N2O3S/c15-6-8-7-16(11-3-4-20-13(8)11)9-1-2-10(14(18)19)12(17)5-9/h1-5,7,17H,(H,18,19). The number of phenols is 1. The van der Waals surface area contributed by atoms with Gasteiger partial charge in [-0.05, 0) is 23.6 Å². The van der Waals surface area contributed by atoms with Gasteiger partial charge >= 0.3 is 5.97 Å². The highest BCUT2D eigenvalue weighted by molar-refractivity contribution is 7.17. The lowest BCUT2D eigenvalue weighted by Gasteiger charge is -2.06. The number of carbonyl (C=O) groups is 1. The molecule has 0 aliphatic rings. The van der Waals surface area contributed by atoms with E-state index in [4.69, 9.17) is 10.4 Å². The van der Waals surface area contributed by atoms with Gasteiger partial charge in [0.05, 0.1) is 15.8 Å². The van der Waals surface area contributed by atoms with Gasteiger partial charge in [0.2, 0.25) is 0 Å². The zero-order chi connectivity index (χ0) is 14.3. The molecule has 2 N–H and O–H groups in total. The van der Waals surface area contributed by atoms with E-state index < -0.39 is 5.97 Å². The van der Waals surface area contributed by atoms with Gasteiger partial charge in [-0.25, -0.2) is 4.79 Å². The zero-order valence-corrected chi connectivity index (χ0v) is 10.9. The Hall–Kier alpha value is -2.78. The summed E-state index contributed by atoms with van der Waals surface area (Å²) in [6, 6.07) is 8.32. The predicted octanol–water partition coefficient (Wildman–Crippen LogP) is 2.97. The third-order valence-electron chi connectivity index (χ3n) is 3.02. The number of hydrogen-bond donors (Lipinski definition) is 2. The minimum atomic E-state index is -1.18. The molecule has 0 aliphatic heterocycles. The lowest BCUT2D eigenvalue weighted by atomic mass is 10.2. The van der Waals surface area contributed by atoms with Gasteiger partial charge in [0, 0.05) is 18.0 Å². The van der Waals surface area contributed by atoms with E-state index in [2.05, 4.69) is 6.07 Å². The lowest BCUT2D eigenvalue weighted by Crippen LogP contribution is -1.98. The SMILES string of the molecule is N#Cc1cn(-c2ccc(C(=O)O)c(O)c2)c2ccsc12. The van der Waals surface area contributed by atoms with E-state index in [0.717, 1.165) is 10.2 Å². The van der Waals surface area contributed by atoms with E-state index in [9.17, 15) is 9.90 Å². The van der Waals surface area contributed by atoms with E-state index in [-0.39, 0.29) is 11.3 Å². The molecule has 1 aromatic carbocycles. The number of rotatable bonds is 2. The summed E-state index contributed by atoms with van der Waals surface area (Å²) >= 11 is 1.47. The van der Waals surface area contributed by atoms with Gasteiger partial charge in [-0.1, -0.05) is 0 Å². The van der Waals surface area contributed by atoms with Crippen LogP contribution in [0.4, 0.5) is 0 Å². The van der Waals surface area contributed by atoms with E-state index in [1.165, 1.54) is 23.5 Å². The fraction of sp³-hybridized carbons (Fsp3) is 0. The van der Waals surface area contributed by atoms with Crippen molar-refractivity contribution in [3.8, 4) is 17.5 Å². The average molecular weight is 284 g/mol. The first-order chi connectivity index (χ1) is 9.61. The number of fused-ring (bicyclic) bond motifs is 1. The number of carboxylic acid groups (broad SMARTS) is 1. The summed E-state index contributed by atoms with van der Waals surface area (Å²) < 4.78 is 2.63. The first-order valence-electron chi connectivity index (χ1n) is 5.67. The Balaban J connectivity index is 2.21. The van der Waals surface area contributed by atoms with E-state index in [0.29, 0.717) is 11.3 Å². The Bertz CT molecular complexity index is 870. The van der Waals surface area contributed by atoms with Crippen molar-refractivity contribution in [3.63, 3.8) is 0 Å². The van der Waals surface area contributed by atoms with Crippen molar-refractivity contribution < 1.29 is 15.0 Å². The molecular formula is C14H8N2O3S. The highest BCUT2D eigenvalue weighted by Crippen LogP contribution is 2.30. The van der Waals surface area contributed by atoms with Gasteiger partial charge in [-0.15, -0.1) is 11.3 Å². The van der Waals surface area contributed by atoms with Gasteiger partial charge in [-0.3, -0.25) is 0 Å². The molecule has 2 heterocycles. The van der Waals surface area contributed by atoms with Gasteiger partial charge < -0.3 is 14.8 Å². The maximum atomic E-state index is 10.9. The molecule has 0 fully saturated rings. The molecule has 98 valence electrons. The van der Waals surface area contributed by atoms with Crippen LogP contribution in [0.5, 0.6) is 5.75 Å². The Morgan fingerprint density at radius 3 is 2.80 bits per heavy atom. The number of hydrogen-bond acceptors (Lipinski definition) is 4. The summed E-state index contributed by atoms with van der Waals surface area (Å²) in [6.07, 6.45) is 1.68. The summed E-state index contributed by atoms with van der Waals surface area (Å²) in [7, 11) is 0. The van der Waals surface area contributed by atoms with Crippen LogP contribution in [0.3, 0.4) is 0 Å². The van der Waals surface area contributed by atoms with Gasteiger partial charge in [0.15, 0.2) is 0 Å². The molecule has 6 heteroatoms. The number of aromatic hydroxyl groups is 1. The van der Waals surface area contributed by atoms with Crippen molar-refractivity contribution in [2.45, 2.75) is 0 Å². The van der Waals surface area contributed by atoms with Crippen molar-refractivity contribution >= 4 is 27.5 Å². The predicted molar refractivity (Wildman–Crippen MR) is 74.5 cm³/mol. The molecule has 20 heavy (non-hydrogen) atoms. The van der Waals surface area contributed by atoms with Crippen molar-refractivity contribution in [2.75, 3.05) is 0 Å². The minimum Gasteiger partial charge on any atom is -0.507 e. The molecule has 2 aromatic heterocycles. The van der Waals surface area contributed by atoms with E-state index in [1.54, 1.807) is 16.8 Å². The van der Waals surface area contributed by atoms with E-state index in [1.807, 2.05) is 11.4 Å². The molecule has 0 spiro atoms. The molecule has 3 rings (SSSR count). The fourth-order valence-corrected chi connectivity index (χ4v) is 2.94. The maximum absolute atomic E-state index is 10.9. The van der Waals surface area contributed by atoms with Crippen LogP contribution in [0.2, 0.25) is 0 Å². The summed E-state index contributed by atoms with van der Waals surface area (Å²) in [6.45, 7) is 0. The van der Waals surface area contributed by atoms with Crippen molar-refractivity contribution in [1.29, 1.82) is 5.26 Å². The minimum absolute atomic E-state index is 0.150. The lowest BCUT2D eigenvalue weighted by molar-refractivity contribution is 0.0694. The number of aromatic nitrogens is 1. The molecule has 0 bridgehead atoms. The first-order valence-corrected chi connectivity index (χ1v) is 6.55. The van der Waals surface area contributed by atoms with Crippen molar-refractivity contribution in [1.82, 2.24) is 4.57 Å². The maximum Gasteiger partial charge on any atom is 0.339 e. The second kappa shape index (κ2) is 4.40. The van der Waals surface area contributed by atoms with Gasteiger partial charge in [0.25, 0.3) is 0 Å². The topological polar surface area (TPSA) is 86.2 Å². The highest BCUT2D eigenvalue weighted by Gasteiger charge is 2.14. The Kier molecular flexibility index (Phi) is 2.70. The van der Waals surface area contributed by atoms with E-state index >= 15 is 0 Å². The normalized spacial score (nSPS) is 10.6. The van der Waals surface area contributed by atoms with Crippen LogP contribution in [0.25, 0.3) is 15.9 Å². The van der Waals surface area contributed by atoms with Crippen LogP contribution in [-0.4, -0.2) is 20.7 Å². The van der Waals surface area contributed by atoms with Crippen LogP contribution < -0.4 is 0 Å². The molecule has 5 nitrogen and oxygen atoms in total. The molecule has 3 aromatic rings. The van der Waals surface area contributed by atoms with Crippen LogP contribution in [0.1, 0.15) is 15.9 Å². The average Bonchev–Trinajstić information content (AvgIpc) is 2.99. The summed E-state index contributed by atoms with van der Waals surface area (Å²) in [4.78, 5) is 10.9. The summed E-state index contributed by atoms with van der Waals surface area (Å²) in [5.74, 6) is -1.48. The van der Waals surface area contributed by atoms with Crippen molar-refractivity contribution in [3.05, 3.63) is 47.0 Å². The van der Waals surface area contributed by atoms with Crippen LogP contribution in [0.15, 0.2) is 35.8 Å². The van der Waals surface area contributed by atoms with Crippen LogP contribution in [0, 0.1) is 11.3 Å². The smallest absolute Gasteiger partial charge is 0.339 e. The number of nitriles is 1. The molecule has 0 amide bonds. The third-order valence-corrected chi connectivity index (χ3v) is 3.95. The summed E-state index contributed by atoms with van der Waals surface area (Å²) in [5, 5.41) is 29.6. The highest BCUT2D eigenvalue weighted by atomic mass is 32.1. The molecule has 0 saturated carbocycles. The largest absolute Gasteiger partial charge is 0.507 e. The van der Waals surface area contributed by atoms with Crippen LogP contribution in [-0.2, 0) is 0 Å².